The Hall–Kier alpha value is -4.96. The van der Waals surface area contributed by atoms with Gasteiger partial charge in [0.25, 0.3) is 0 Å². The summed E-state index contributed by atoms with van der Waals surface area (Å²) in [5.41, 5.74) is 13.2. The number of benzene rings is 5. The van der Waals surface area contributed by atoms with Crippen molar-refractivity contribution in [3.05, 3.63) is 113 Å². The number of nitrogens with zero attached hydrogens (tertiary/aromatic N) is 3. The summed E-state index contributed by atoms with van der Waals surface area (Å²) >= 11 is 0. The fourth-order valence-corrected chi connectivity index (χ4v) is 7.13. The second-order valence-corrected chi connectivity index (χ2v) is 13.3. The van der Waals surface area contributed by atoms with Crippen LogP contribution in [0.2, 0.25) is 0 Å². The molecular formula is C41H37N3O. The van der Waals surface area contributed by atoms with Crippen LogP contribution >= 0.6 is 0 Å². The lowest BCUT2D eigenvalue weighted by atomic mass is 9.90. The SMILES string of the molecule is Cc1cc(C(C)C)c(-n2c(-c3ccc(C)c4c3oc3cc5c(ccc6ccc(C)nc65)cc34)nc3ccccc32)c(C(C)C)c1. The first kappa shape index (κ1) is 27.6. The van der Waals surface area contributed by atoms with Gasteiger partial charge in [0.1, 0.15) is 17.0 Å². The molecule has 0 N–H and O–H groups in total. The molecule has 0 bridgehead atoms. The van der Waals surface area contributed by atoms with Crippen LogP contribution in [0, 0.1) is 20.8 Å². The molecule has 0 fully saturated rings. The van der Waals surface area contributed by atoms with Gasteiger partial charge in [0.05, 0.1) is 27.8 Å². The molecule has 0 aliphatic heterocycles. The molecule has 0 radical (unpaired) electrons. The van der Waals surface area contributed by atoms with Crippen LogP contribution in [0.3, 0.4) is 0 Å². The number of aromatic nitrogens is 3. The minimum Gasteiger partial charge on any atom is -0.455 e. The highest BCUT2D eigenvalue weighted by Crippen LogP contribution is 2.43. The van der Waals surface area contributed by atoms with Crippen molar-refractivity contribution in [3.8, 4) is 17.1 Å². The first-order chi connectivity index (χ1) is 21.7. The molecule has 4 nitrogen and oxygen atoms in total. The summed E-state index contributed by atoms with van der Waals surface area (Å²) in [5.74, 6) is 1.59. The molecule has 5 aromatic carbocycles. The standard InChI is InChI=1S/C41H37N3O/c1-22(2)30-18-24(5)19-31(23(3)4)39(30)44-35-11-9-8-10-34(35)43-41(44)29-17-12-25(6)37-33-20-28-16-15-27-14-13-26(7)42-38(27)32(28)21-36(33)45-40(29)37/h8-23H,1-7H3. The Morgan fingerprint density at radius 2 is 1.40 bits per heavy atom. The predicted octanol–water partition coefficient (Wildman–Crippen LogP) is 11.5. The fourth-order valence-electron chi connectivity index (χ4n) is 7.13. The van der Waals surface area contributed by atoms with Gasteiger partial charge < -0.3 is 4.42 Å². The molecule has 0 unspecified atom stereocenters. The molecule has 0 atom stereocenters. The first-order valence-electron chi connectivity index (χ1n) is 16.0. The van der Waals surface area contributed by atoms with Crippen molar-refractivity contribution in [3.63, 3.8) is 0 Å². The van der Waals surface area contributed by atoms with Crippen molar-refractivity contribution in [2.75, 3.05) is 0 Å². The van der Waals surface area contributed by atoms with Gasteiger partial charge in [0, 0.05) is 27.2 Å². The van der Waals surface area contributed by atoms with Crippen LogP contribution in [0.25, 0.3) is 71.7 Å². The van der Waals surface area contributed by atoms with Crippen molar-refractivity contribution in [1.82, 2.24) is 14.5 Å². The van der Waals surface area contributed by atoms with E-state index in [0.717, 1.165) is 71.7 Å². The molecular weight excluding hydrogens is 550 g/mol. The summed E-state index contributed by atoms with van der Waals surface area (Å²) in [6.45, 7) is 15.6. The van der Waals surface area contributed by atoms with Crippen molar-refractivity contribution in [2.24, 2.45) is 0 Å². The molecule has 0 spiro atoms. The minimum atomic E-state index is 0.343. The van der Waals surface area contributed by atoms with E-state index in [1.807, 2.05) is 6.92 Å². The highest BCUT2D eigenvalue weighted by molar-refractivity contribution is 6.17. The van der Waals surface area contributed by atoms with Gasteiger partial charge in [-0.1, -0.05) is 81.8 Å². The monoisotopic (exact) mass is 587 g/mol. The molecule has 8 aromatic rings. The quantitative estimate of drug-likeness (QED) is 0.192. The van der Waals surface area contributed by atoms with E-state index in [9.17, 15) is 0 Å². The molecule has 3 heterocycles. The largest absolute Gasteiger partial charge is 0.455 e. The normalized spacial score (nSPS) is 12.3. The van der Waals surface area contributed by atoms with E-state index in [1.54, 1.807) is 0 Å². The molecule has 8 rings (SSSR count). The summed E-state index contributed by atoms with van der Waals surface area (Å²) in [7, 11) is 0. The summed E-state index contributed by atoms with van der Waals surface area (Å²) < 4.78 is 9.28. The smallest absolute Gasteiger partial charge is 0.149 e. The number of furan rings is 1. The Labute approximate surface area is 263 Å². The third-order valence-electron chi connectivity index (χ3n) is 9.34. The highest BCUT2D eigenvalue weighted by Gasteiger charge is 2.25. The number of hydrogen-bond donors (Lipinski definition) is 0. The zero-order valence-corrected chi connectivity index (χ0v) is 27.0. The molecule has 0 saturated heterocycles. The second kappa shape index (κ2) is 10.0. The maximum Gasteiger partial charge on any atom is 0.149 e. The predicted molar refractivity (Wildman–Crippen MR) is 189 cm³/mol. The van der Waals surface area contributed by atoms with Gasteiger partial charge in [-0.15, -0.1) is 0 Å². The molecule has 0 amide bonds. The van der Waals surface area contributed by atoms with Gasteiger partial charge in [-0.3, -0.25) is 9.55 Å². The average Bonchev–Trinajstić information content (AvgIpc) is 3.58. The molecule has 0 saturated carbocycles. The van der Waals surface area contributed by atoms with E-state index in [2.05, 4.69) is 131 Å². The van der Waals surface area contributed by atoms with Crippen LogP contribution < -0.4 is 0 Å². The van der Waals surface area contributed by atoms with Gasteiger partial charge in [-0.2, -0.15) is 0 Å². The third kappa shape index (κ3) is 4.19. The number of hydrogen-bond acceptors (Lipinski definition) is 3. The van der Waals surface area contributed by atoms with Crippen molar-refractivity contribution in [2.45, 2.75) is 60.3 Å². The number of para-hydroxylation sites is 2. The van der Waals surface area contributed by atoms with E-state index < -0.39 is 0 Å². The molecule has 222 valence electrons. The van der Waals surface area contributed by atoms with E-state index >= 15 is 0 Å². The summed E-state index contributed by atoms with van der Waals surface area (Å²) in [6.07, 6.45) is 0. The van der Waals surface area contributed by atoms with Gasteiger partial charge in [0.2, 0.25) is 0 Å². The van der Waals surface area contributed by atoms with E-state index in [0.29, 0.717) is 11.8 Å². The molecule has 0 aliphatic carbocycles. The van der Waals surface area contributed by atoms with Gasteiger partial charge in [0.15, 0.2) is 0 Å². The van der Waals surface area contributed by atoms with Crippen LogP contribution in [0.15, 0.2) is 89.3 Å². The summed E-state index contributed by atoms with van der Waals surface area (Å²) in [4.78, 5) is 10.2. The molecule has 3 aromatic heterocycles. The first-order valence-corrected chi connectivity index (χ1v) is 16.0. The van der Waals surface area contributed by atoms with Crippen molar-refractivity contribution >= 4 is 54.6 Å². The van der Waals surface area contributed by atoms with Crippen molar-refractivity contribution < 1.29 is 4.42 Å². The summed E-state index contributed by atoms with van der Waals surface area (Å²) in [5, 5.41) is 5.66. The molecule has 4 heteroatoms. The third-order valence-corrected chi connectivity index (χ3v) is 9.34. The molecule has 45 heavy (non-hydrogen) atoms. The van der Waals surface area contributed by atoms with E-state index in [1.165, 1.54) is 27.9 Å². The lowest BCUT2D eigenvalue weighted by Gasteiger charge is -2.23. The fraction of sp³-hybridized carbons (Fsp3) is 0.220. The zero-order valence-electron chi connectivity index (χ0n) is 27.0. The van der Waals surface area contributed by atoms with Crippen LogP contribution in [-0.4, -0.2) is 14.5 Å². The van der Waals surface area contributed by atoms with E-state index in [4.69, 9.17) is 14.4 Å². The van der Waals surface area contributed by atoms with Crippen LogP contribution in [0.5, 0.6) is 0 Å². The Kier molecular flexibility index (Phi) is 6.15. The van der Waals surface area contributed by atoms with E-state index in [-0.39, 0.29) is 0 Å². The van der Waals surface area contributed by atoms with Gasteiger partial charge >= 0.3 is 0 Å². The van der Waals surface area contributed by atoms with Crippen molar-refractivity contribution in [1.29, 1.82) is 0 Å². The number of imidazole rings is 1. The Balaban J connectivity index is 1.49. The van der Waals surface area contributed by atoms with Gasteiger partial charge in [-0.05, 0) is 91.1 Å². The summed E-state index contributed by atoms with van der Waals surface area (Å²) in [6, 6.07) is 30.6. The topological polar surface area (TPSA) is 43.9 Å². The number of pyridine rings is 1. The minimum absolute atomic E-state index is 0.343. The van der Waals surface area contributed by atoms with Crippen LogP contribution in [0.1, 0.15) is 67.5 Å². The maximum absolute atomic E-state index is 6.89. The maximum atomic E-state index is 6.89. The second-order valence-electron chi connectivity index (χ2n) is 13.3. The van der Waals surface area contributed by atoms with Gasteiger partial charge in [-0.25, -0.2) is 4.98 Å². The Morgan fingerprint density at radius 1 is 0.689 bits per heavy atom. The number of fused-ring (bicyclic) bond motifs is 7. The van der Waals surface area contributed by atoms with Crippen LogP contribution in [0.4, 0.5) is 0 Å². The molecule has 0 aliphatic rings. The Bertz CT molecular complexity index is 2440. The number of rotatable bonds is 4. The number of aryl methyl sites for hydroxylation is 3. The average molecular weight is 588 g/mol. The Morgan fingerprint density at radius 3 is 2.16 bits per heavy atom. The lowest BCUT2D eigenvalue weighted by Crippen LogP contribution is -2.09. The highest BCUT2D eigenvalue weighted by atomic mass is 16.3. The van der Waals surface area contributed by atoms with Crippen LogP contribution in [-0.2, 0) is 0 Å². The lowest BCUT2D eigenvalue weighted by molar-refractivity contribution is 0.670. The zero-order chi connectivity index (χ0) is 31.1.